The molecule has 0 fully saturated rings. The smallest absolute Gasteiger partial charge is 0.139 e. The van der Waals surface area contributed by atoms with E-state index in [1.807, 2.05) is 27.1 Å². The monoisotopic (exact) mass is 506 g/mol. The molecule has 1 N–H and O–H groups in total. The number of quaternary nitrogens is 1. The second-order valence-corrected chi connectivity index (χ2v) is 8.99. The second kappa shape index (κ2) is 9.29. The van der Waals surface area contributed by atoms with E-state index in [0.717, 1.165) is 28.0 Å². The van der Waals surface area contributed by atoms with Gasteiger partial charge in [0, 0.05) is 35.8 Å². The third kappa shape index (κ3) is 4.70. The van der Waals surface area contributed by atoms with Crippen LogP contribution in [0.2, 0.25) is 0 Å². The van der Waals surface area contributed by atoms with Crippen molar-refractivity contribution in [2.24, 2.45) is 0 Å². The van der Waals surface area contributed by atoms with E-state index in [0.29, 0.717) is 0 Å². The van der Waals surface area contributed by atoms with Gasteiger partial charge in [-0.1, -0.05) is 36.4 Å². The van der Waals surface area contributed by atoms with E-state index in [1.165, 1.54) is 16.2 Å². The molecule has 0 saturated heterocycles. The Morgan fingerprint density at radius 3 is 2.21 bits per heavy atom. The van der Waals surface area contributed by atoms with E-state index < -0.39 is 4.75 Å². The lowest BCUT2D eigenvalue weighted by Gasteiger charge is -2.28. The van der Waals surface area contributed by atoms with Gasteiger partial charge in [0.2, 0.25) is 0 Å². The maximum Gasteiger partial charge on any atom is 0.139 e. The molecule has 0 radical (unpaired) electrons. The number of para-hydroxylation sites is 2. The minimum atomic E-state index is -0.590. The van der Waals surface area contributed by atoms with Crippen LogP contribution in [0.5, 0.6) is 0 Å². The molecule has 3 rings (SSSR count). The number of halogens is 1. The number of hydrogen-bond acceptors (Lipinski definition) is 3. The first-order valence-corrected chi connectivity index (χ1v) is 9.93. The number of benzene rings is 2. The number of carbonyl (C=O) groups is 1. The molecule has 1 aliphatic heterocycles. The third-order valence-corrected chi connectivity index (χ3v) is 5.93. The molecule has 5 heteroatoms. The Hall–Kier alpha value is -1.57. The van der Waals surface area contributed by atoms with Crippen LogP contribution in [-0.2, 0) is 4.79 Å². The summed E-state index contributed by atoms with van der Waals surface area (Å²) in [5.41, 5.74) is 5.79. The molecule has 2 aromatic carbocycles. The zero-order valence-electron chi connectivity index (χ0n) is 17.0. The highest BCUT2D eigenvalue weighted by atomic mass is 127. The SMILES string of the molecule is CN(C)c1ccccc1C1=CC(C)(C=O)SC(c2ccccc2[NH+](C)C)=C1.[I-]. The molecule has 1 unspecified atom stereocenters. The molecular formula is C23H27IN2OS. The number of nitrogens with zero attached hydrogens (tertiary/aromatic N) is 1. The summed E-state index contributed by atoms with van der Waals surface area (Å²) >= 11 is 1.62. The molecule has 0 bridgehead atoms. The molecule has 0 aliphatic carbocycles. The maximum atomic E-state index is 12.0. The zero-order valence-corrected chi connectivity index (χ0v) is 20.0. The first kappa shape index (κ1) is 22.7. The van der Waals surface area contributed by atoms with Crippen LogP contribution >= 0.6 is 11.8 Å². The highest BCUT2D eigenvalue weighted by Gasteiger charge is 2.31. The van der Waals surface area contributed by atoms with E-state index in [2.05, 4.69) is 73.6 Å². The summed E-state index contributed by atoms with van der Waals surface area (Å²) in [4.78, 5) is 16.5. The molecule has 28 heavy (non-hydrogen) atoms. The summed E-state index contributed by atoms with van der Waals surface area (Å²) < 4.78 is -0.590. The van der Waals surface area contributed by atoms with E-state index in [4.69, 9.17) is 0 Å². The van der Waals surface area contributed by atoms with Crippen molar-refractivity contribution in [3.63, 3.8) is 0 Å². The molecule has 0 saturated carbocycles. The summed E-state index contributed by atoms with van der Waals surface area (Å²) in [6, 6.07) is 16.8. The summed E-state index contributed by atoms with van der Waals surface area (Å²) in [5.74, 6) is 0. The normalized spacial score (nSPS) is 18.8. The predicted octanol–water partition coefficient (Wildman–Crippen LogP) is 0.662. The Balaban J connectivity index is 0.00000280. The first-order chi connectivity index (χ1) is 12.8. The van der Waals surface area contributed by atoms with Crippen LogP contribution in [-0.4, -0.2) is 39.2 Å². The molecule has 1 heterocycles. The standard InChI is InChI=1S/C23H26N2OS.HI/c1-23(16-26)15-17(18-10-6-8-12-20(18)24(2)3)14-22(27-23)19-11-7-9-13-21(19)25(4)5;/h6-16H,1-5H3;1H. The number of aldehydes is 1. The van der Waals surface area contributed by atoms with Crippen LogP contribution in [0.1, 0.15) is 18.1 Å². The van der Waals surface area contributed by atoms with Crippen LogP contribution in [0, 0.1) is 0 Å². The molecule has 0 aromatic heterocycles. The third-order valence-electron chi connectivity index (χ3n) is 4.72. The second-order valence-electron chi connectivity index (χ2n) is 7.47. The van der Waals surface area contributed by atoms with Crippen LogP contribution < -0.4 is 33.8 Å². The number of thioether (sulfide) groups is 1. The van der Waals surface area contributed by atoms with Gasteiger partial charge >= 0.3 is 0 Å². The van der Waals surface area contributed by atoms with Crippen LogP contribution in [0.25, 0.3) is 10.5 Å². The van der Waals surface area contributed by atoms with Gasteiger partial charge in [-0.2, -0.15) is 0 Å². The minimum Gasteiger partial charge on any atom is -1.00 e. The van der Waals surface area contributed by atoms with Gasteiger partial charge in [0.1, 0.15) is 12.0 Å². The summed E-state index contributed by atoms with van der Waals surface area (Å²) in [6.07, 6.45) is 5.36. The molecule has 2 aromatic rings. The van der Waals surface area contributed by atoms with Crippen molar-refractivity contribution in [3.05, 3.63) is 71.8 Å². The van der Waals surface area contributed by atoms with Crippen LogP contribution in [0.4, 0.5) is 11.4 Å². The van der Waals surface area contributed by atoms with Gasteiger partial charge in [-0.3, -0.25) is 0 Å². The van der Waals surface area contributed by atoms with Gasteiger partial charge in [-0.15, -0.1) is 11.8 Å². The number of hydrogen-bond donors (Lipinski definition) is 1. The molecule has 1 atom stereocenters. The maximum absolute atomic E-state index is 12.0. The molecule has 1 aliphatic rings. The average Bonchev–Trinajstić information content (AvgIpc) is 2.67. The van der Waals surface area contributed by atoms with E-state index >= 15 is 0 Å². The van der Waals surface area contributed by atoms with E-state index in [-0.39, 0.29) is 24.0 Å². The lowest BCUT2D eigenvalue weighted by molar-refractivity contribution is -0.786. The van der Waals surface area contributed by atoms with Crippen molar-refractivity contribution in [2.45, 2.75) is 11.7 Å². The Kier molecular flexibility index (Phi) is 7.53. The minimum absolute atomic E-state index is 0. The van der Waals surface area contributed by atoms with Gasteiger partial charge < -0.3 is 38.6 Å². The Morgan fingerprint density at radius 1 is 1.00 bits per heavy atom. The van der Waals surface area contributed by atoms with E-state index in [1.54, 1.807) is 11.8 Å². The van der Waals surface area contributed by atoms with Crippen molar-refractivity contribution in [3.8, 4) is 0 Å². The Morgan fingerprint density at radius 2 is 1.61 bits per heavy atom. The first-order valence-electron chi connectivity index (χ1n) is 9.11. The van der Waals surface area contributed by atoms with Crippen molar-refractivity contribution in [2.75, 3.05) is 33.1 Å². The number of rotatable bonds is 5. The van der Waals surface area contributed by atoms with Gasteiger partial charge in [0.05, 0.1) is 18.8 Å². The summed E-state index contributed by atoms with van der Waals surface area (Å²) in [7, 11) is 8.35. The lowest BCUT2D eigenvalue weighted by Crippen LogP contribution is -3.00. The van der Waals surface area contributed by atoms with E-state index in [9.17, 15) is 4.79 Å². The largest absolute Gasteiger partial charge is 1.00 e. The van der Waals surface area contributed by atoms with Crippen molar-refractivity contribution < 1.29 is 33.7 Å². The van der Waals surface area contributed by atoms with Crippen LogP contribution in [0.15, 0.2) is 60.7 Å². The van der Waals surface area contributed by atoms with Crippen LogP contribution in [0.3, 0.4) is 0 Å². The topological polar surface area (TPSA) is 24.8 Å². The molecule has 0 spiro atoms. The fourth-order valence-electron chi connectivity index (χ4n) is 3.38. The van der Waals surface area contributed by atoms with Gasteiger partial charge in [0.25, 0.3) is 0 Å². The Labute approximate surface area is 189 Å². The molecule has 3 nitrogen and oxygen atoms in total. The summed E-state index contributed by atoms with van der Waals surface area (Å²) in [6.45, 7) is 1.99. The number of allylic oxidation sites excluding steroid dienone is 2. The number of carbonyl (C=O) groups excluding carboxylic acids is 1. The molecule has 0 amide bonds. The Bertz CT molecular complexity index is 920. The van der Waals surface area contributed by atoms with Crippen molar-refractivity contribution in [1.29, 1.82) is 0 Å². The number of nitrogens with one attached hydrogen (secondary N) is 1. The highest BCUT2D eigenvalue weighted by Crippen LogP contribution is 2.47. The lowest BCUT2D eigenvalue weighted by atomic mass is 9.96. The predicted molar refractivity (Wildman–Crippen MR) is 118 cm³/mol. The average molecular weight is 506 g/mol. The van der Waals surface area contributed by atoms with Gasteiger partial charge in [-0.25, -0.2) is 0 Å². The van der Waals surface area contributed by atoms with Gasteiger partial charge in [0.15, 0.2) is 0 Å². The molecule has 148 valence electrons. The van der Waals surface area contributed by atoms with Crippen molar-refractivity contribution >= 4 is 39.9 Å². The van der Waals surface area contributed by atoms with Crippen molar-refractivity contribution in [1.82, 2.24) is 0 Å². The molecular weight excluding hydrogens is 479 g/mol. The highest BCUT2D eigenvalue weighted by molar-refractivity contribution is 8.10. The fraction of sp³-hybridized carbons (Fsp3) is 0.261. The zero-order chi connectivity index (χ0) is 19.6. The quantitative estimate of drug-likeness (QED) is 0.477. The number of anilines is 1. The summed E-state index contributed by atoms with van der Waals surface area (Å²) in [5, 5.41) is 0. The fourth-order valence-corrected chi connectivity index (χ4v) is 4.56. The van der Waals surface area contributed by atoms with Gasteiger partial charge in [-0.05, 0) is 36.8 Å².